The number of thiophene rings is 1. The molecule has 1 amide bonds. The summed E-state index contributed by atoms with van der Waals surface area (Å²) in [5, 5.41) is 10.6. The molecule has 6 nitrogen and oxygen atoms in total. The summed E-state index contributed by atoms with van der Waals surface area (Å²) in [6.07, 6.45) is 0. The number of rotatable bonds is 2. The number of amides is 1. The molecule has 0 aliphatic heterocycles. The number of benzene rings is 1. The molecule has 3 aromatic heterocycles. The molecule has 0 fully saturated rings. The average Bonchev–Trinajstić information content (AvgIpc) is 3.15. The van der Waals surface area contributed by atoms with Gasteiger partial charge in [0.15, 0.2) is 5.69 Å². The number of nitrogens with one attached hydrogen (secondary N) is 1. The summed E-state index contributed by atoms with van der Waals surface area (Å²) in [7, 11) is 0. The molecule has 0 radical (unpaired) electrons. The van der Waals surface area contributed by atoms with E-state index in [0.29, 0.717) is 21.7 Å². The molecule has 0 spiro atoms. The first-order valence-corrected chi connectivity index (χ1v) is 7.69. The Morgan fingerprint density at radius 3 is 2.87 bits per heavy atom. The molecule has 0 saturated heterocycles. The van der Waals surface area contributed by atoms with Gasteiger partial charge in [-0.2, -0.15) is 0 Å². The molecule has 1 aromatic carbocycles. The highest BCUT2D eigenvalue weighted by molar-refractivity contribution is 7.16. The van der Waals surface area contributed by atoms with Crippen LogP contribution in [0.1, 0.15) is 16.2 Å². The number of carbonyl (C=O) groups is 1. The first-order valence-electron chi connectivity index (χ1n) is 6.81. The molecule has 114 valence electrons. The smallest absolute Gasteiger partial charge is 0.347 e. The van der Waals surface area contributed by atoms with Gasteiger partial charge in [-0.25, -0.2) is 4.79 Å². The Labute approximate surface area is 133 Å². The van der Waals surface area contributed by atoms with E-state index < -0.39 is 11.5 Å². The molecule has 23 heavy (non-hydrogen) atoms. The maximum atomic E-state index is 12.3. The topological polar surface area (TPSA) is 85.3 Å². The highest BCUT2D eigenvalue weighted by atomic mass is 32.1. The van der Waals surface area contributed by atoms with Crippen molar-refractivity contribution in [2.45, 2.75) is 6.92 Å². The van der Waals surface area contributed by atoms with Crippen LogP contribution in [-0.4, -0.2) is 11.1 Å². The number of aryl methyl sites for hydroxylation is 1. The standard InChI is InChI=1S/C16H10N2O4S/c1-8-6-11(18-22-8)14(19)17-15-13-10(7-23-15)9-4-2-3-5-12(9)21-16(13)20/h2-7H,1H3,(H,17,19). The van der Waals surface area contributed by atoms with Crippen LogP contribution < -0.4 is 10.9 Å². The Hall–Kier alpha value is -2.93. The fourth-order valence-corrected chi connectivity index (χ4v) is 3.36. The molecule has 1 N–H and O–H groups in total. The third-order valence-corrected chi connectivity index (χ3v) is 4.36. The highest BCUT2D eigenvalue weighted by Gasteiger charge is 2.17. The molecule has 0 atom stereocenters. The Morgan fingerprint density at radius 2 is 2.09 bits per heavy atom. The second kappa shape index (κ2) is 5.06. The minimum Gasteiger partial charge on any atom is -0.422 e. The SMILES string of the molecule is Cc1cc(C(=O)Nc2scc3c2c(=O)oc2ccccc23)no1. The lowest BCUT2D eigenvalue weighted by molar-refractivity contribution is 0.101. The minimum absolute atomic E-state index is 0.161. The van der Waals surface area contributed by atoms with E-state index in [9.17, 15) is 9.59 Å². The van der Waals surface area contributed by atoms with Crippen molar-refractivity contribution in [2.75, 3.05) is 5.32 Å². The van der Waals surface area contributed by atoms with Crippen LogP contribution in [0.5, 0.6) is 0 Å². The van der Waals surface area contributed by atoms with Crippen LogP contribution >= 0.6 is 11.3 Å². The van der Waals surface area contributed by atoms with Gasteiger partial charge in [-0.05, 0) is 13.0 Å². The zero-order valence-corrected chi connectivity index (χ0v) is 12.8. The maximum absolute atomic E-state index is 12.3. The molecule has 0 aliphatic rings. The molecule has 4 aromatic rings. The van der Waals surface area contributed by atoms with Gasteiger partial charge in [-0.1, -0.05) is 23.4 Å². The first-order chi connectivity index (χ1) is 11.1. The van der Waals surface area contributed by atoms with Crippen molar-refractivity contribution in [3.05, 3.63) is 57.6 Å². The zero-order valence-electron chi connectivity index (χ0n) is 12.0. The number of carbonyl (C=O) groups excluding carboxylic acids is 1. The number of hydrogen-bond acceptors (Lipinski definition) is 6. The molecule has 0 aliphatic carbocycles. The van der Waals surface area contributed by atoms with Crippen molar-refractivity contribution in [3.63, 3.8) is 0 Å². The Bertz CT molecular complexity index is 1110. The Morgan fingerprint density at radius 1 is 1.26 bits per heavy atom. The molecule has 0 unspecified atom stereocenters. The Kier molecular flexibility index (Phi) is 3.02. The normalized spacial score (nSPS) is 11.2. The van der Waals surface area contributed by atoms with Crippen molar-refractivity contribution in [3.8, 4) is 0 Å². The number of anilines is 1. The number of aromatic nitrogens is 1. The summed E-state index contributed by atoms with van der Waals surface area (Å²) in [5.41, 5.74) is 0.202. The van der Waals surface area contributed by atoms with Gasteiger partial charge in [0.05, 0.1) is 0 Å². The molecule has 7 heteroatoms. The molecular formula is C16H10N2O4S. The molecule has 3 heterocycles. The van der Waals surface area contributed by atoms with E-state index in [1.54, 1.807) is 19.1 Å². The van der Waals surface area contributed by atoms with Gasteiger partial charge in [0.2, 0.25) is 0 Å². The van der Waals surface area contributed by atoms with E-state index in [1.165, 1.54) is 17.4 Å². The monoisotopic (exact) mass is 326 g/mol. The van der Waals surface area contributed by atoms with E-state index in [-0.39, 0.29) is 5.69 Å². The largest absolute Gasteiger partial charge is 0.422 e. The van der Waals surface area contributed by atoms with Gasteiger partial charge in [-0.3, -0.25) is 4.79 Å². The lowest BCUT2D eigenvalue weighted by Crippen LogP contribution is -2.13. The van der Waals surface area contributed by atoms with Crippen LogP contribution in [-0.2, 0) is 0 Å². The lowest BCUT2D eigenvalue weighted by Gasteiger charge is -2.01. The average molecular weight is 326 g/mol. The van der Waals surface area contributed by atoms with Crippen molar-refractivity contribution >= 4 is 44.0 Å². The van der Waals surface area contributed by atoms with Gasteiger partial charge in [0.25, 0.3) is 5.91 Å². The van der Waals surface area contributed by atoms with E-state index >= 15 is 0 Å². The third kappa shape index (κ3) is 2.22. The minimum atomic E-state index is -0.480. The van der Waals surface area contributed by atoms with Crippen LogP contribution in [0, 0.1) is 6.92 Å². The summed E-state index contributed by atoms with van der Waals surface area (Å²) < 4.78 is 10.2. The quantitative estimate of drug-likeness (QED) is 0.569. The molecular weight excluding hydrogens is 316 g/mol. The number of para-hydroxylation sites is 1. The summed E-state index contributed by atoms with van der Waals surface area (Å²) in [5.74, 6) is 0.106. The van der Waals surface area contributed by atoms with E-state index in [2.05, 4.69) is 10.5 Å². The summed E-state index contributed by atoms with van der Waals surface area (Å²) >= 11 is 1.27. The van der Waals surface area contributed by atoms with Gasteiger partial charge >= 0.3 is 5.63 Å². The lowest BCUT2D eigenvalue weighted by atomic mass is 10.1. The summed E-state index contributed by atoms with van der Waals surface area (Å²) in [4.78, 5) is 24.4. The van der Waals surface area contributed by atoms with Crippen LogP contribution in [0.25, 0.3) is 21.7 Å². The van der Waals surface area contributed by atoms with Crippen LogP contribution in [0.4, 0.5) is 5.00 Å². The van der Waals surface area contributed by atoms with E-state index in [0.717, 1.165) is 10.8 Å². The number of hydrogen-bond donors (Lipinski definition) is 1. The first kappa shape index (κ1) is 13.7. The van der Waals surface area contributed by atoms with Crippen LogP contribution in [0.3, 0.4) is 0 Å². The second-order valence-electron chi connectivity index (χ2n) is 5.02. The fourth-order valence-electron chi connectivity index (χ4n) is 2.42. The van der Waals surface area contributed by atoms with Crippen molar-refractivity contribution in [2.24, 2.45) is 0 Å². The van der Waals surface area contributed by atoms with Gasteiger partial charge in [-0.15, -0.1) is 11.3 Å². The van der Waals surface area contributed by atoms with Gasteiger partial charge < -0.3 is 14.3 Å². The van der Waals surface area contributed by atoms with Crippen molar-refractivity contribution in [1.29, 1.82) is 0 Å². The molecule has 4 rings (SSSR count). The van der Waals surface area contributed by atoms with E-state index in [1.807, 2.05) is 17.5 Å². The van der Waals surface area contributed by atoms with E-state index in [4.69, 9.17) is 8.94 Å². The summed E-state index contributed by atoms with van der Waals surface area (Å²) in [6, 6.07) is 8.82. The summed E-state index contributed by atoms with van der Waals surface area (Å²) in [6.45, 7) is 1.70. The maximum Gasteiger partial charge on any atom is 0.347 e. The van der Waals surface area contributed by atoms with Crippen molar-refractivity contribution < 1.29 is 13.7 Å². The number of fused-ring (bicyclic) bond motifs is 3. The predicted octanol–water partition coefficient (Wildman–Crippen LogP) is 3.56. The second-order valence-corrected chi connectivity index (χ2v) is 5.90. The van der Waals surface area contributed by atoms with Gasteiger partial charge in [0, 0.05) is 22.2 Å². The Balaban J connectivity index is 1.84. The third-order valence-electron chi connectivity index (χ3n) is 3.46. The molecule has 0 bridgehead atoms. The van der Waals surface area contributed by atoms with Gasteiger partial charge in [0.1, 0.15) is 21.7 Å². The fraction of sp³-hybridized carbons (Fsp3) is 0.0625. The number of nitrogens with zero attached hydrogens (tertiary/aromatic N) is 1. The van der Waals surface area contributed by atoms with Crippen molar-refractivity contribution in [1.82, 2.24) is 5.16 Å². The highest BCUT2D eigenvalue weighted by Crippen LogP contribution is 2.33. The van der Waals surface area contributed by atoms with Crippen LogP contribution in [0.15, 0.2) is 49.4 Å². The van der Waals surface area contributed by atoms with Crippen LogP contribution in [0.2, 0.25) is 0 Å². The zero-order chi connectivity index (χ0) is 16.0. The predicted molar refractivity (Wildman–Crippen MR) is 87.1 cm³/mol. The molecule has 0 saturated carbocycles.